The average Bonchev–Trinajstić information content (AvgIpc) is 3.17. The van der Waals surface area contributed by atoms with Gasteiger partial charge in [0.25, 0.3) is 0 Å². The minimum Gasteiger partial charge on any atom is -0.368 e. The van der Waals surface area contributed by atoms with E-state index in [9.17, 15) is 14.4 Å². The summed E-state index contributed by atoms with van der Waals surface area (Å²) >= 11 is 0. The lowest BCUT2D eigenvalue weighted by molar-refractivity contribution is -0.141. The van der Waals surface area contributed by atoms with E-state index in [1.807, 2.05) is 91.0 Å². The first-order valence-corrected chi connectivity index (χ1v) is 17.6. The van der Waals surface area contributed by atoms with Crippen LogP contribution in [-0.2, 0) is 20.8 Å². The molecule has 0 saturated carbocycles. The van der Waals surface area contributed by atoms with Gasteiger partial charge in [0.05, 0.1) is 19.6 Å². The van der Waals surface area contributed by atoms with E-state index in [0.717, 1.165) is 23.2 Å². The smallest absolute Gasteiger partial charge is 0.242 e. The SMILES string of the molecule is NC(=O)CN(CCc1ccccn1)C(=O)CN(CCC(c1ccccc1)c1ccccc1)C(=O)CNCCC(c1ccccc1)c1ccccc1. The summed E-state index contributed by atoms with van der Waals surface area (Å²) in [6.07, 6.45) is 3.56. The Hall–Kier alpha value is -5.60. The summed E-state index contributed by atoms with van der Waals surface area (Å²) in [5, 5.41) is 3.37. The maximum absolute atomic E-state index is 14.0. The lowest BCUT2D eigenvalue weighted by Crippen LogP contribution is -2.48. The second kappa shape index (κ2) is 19.6. The molecule has 4 aromatic carbocycles. The van der Waals surface area contributed by atoms with Gasteiger partial charge >= 0.3 is 0 Å². The first-order chi connectivity index (χ1) is 25.0. The minimum absolute atomic E-state index is 0.0224. The number of pyridine rings is 1. The largest absolute Gasteiger partial charge is 0.368 e. The molecule has 1 aromatic heterocycles. The summed E-state index contributed by atoms with van der Waals surface area (Å²) in [6.45, 7) is 0.898. The van der Waals surface area contributed by atoms with Crippen LogP contribution in [0.2, 0.25) is 0 Å². The standard InChI is InChI=1S/C43H47N5O3/c44-41(49)32-47(29-25-38-23-13-14-27-46-38)43(51)33-48(30-26-40(36-19-9-3-10-20-36)37-21-11-4-12-22-37)42(50)31-45-28-24-39(34-15-5-1-6-16-34)35-17-7-2-8-18-35/h1-23,27,39-40,45H,24-26,28-33H2,(H2,44,49). The van der Waals surface area contributed by atoms with Crippen LogP contribution in [0.3, 0.4) is 0 Å². The van der Waals surface area contributed by atoms with E-state index in [1.54, 1.807) is 11.1 Å². The zero-order valence-corrected chi connectivity index (χ0v) is 29.0. The predicted molar refractivity (Wildman–Crippen MR) is 202 cm³/mol. The van der Waals surface area contributed by atoms with Crippen molar-refractivity contribution in [3.05, 3.63) is 174 Å². The molecule has 3 N–H and O–H groups in total. The number of amides is 3. The maximum atomic E-state index is 14.0. The van der Waals surface area contributed by atoms with Crippen molar-refractivity contribution in [1.82, 2.24) is 20.1 Å². The van der Waals surface area contributed by atoms with Crippen LogP contribution in [0.15, 0.2) is 146 Å². The number of hydrogen-bond donors (Lipinski definition) is 2. The third kappa shape index (κ3) is 11.5. The Morgan fingerprint density at radius 2 is 1.04 bits per heavy atom. The molecule has 8 heteroatoms. The zero-order valence-electron chi connectivity index (χ0n) is 29.0. The van der Waals surface area contributed by atoms with Gasteiger partial charge in [-0.3, -0.25) is 19.4 Å². The summed E-state index contributed by atoms with van der Waals surface area (Å²) in [5.74, 6) is -0.922. The van der Waals surface area contributed by atoms with Crippen LogP contribution in [0.25, 0.3) is 0 Å². The molecule has 0 atom stereocenters. The van der Waals surface area contributed by atoms with Gasteiger partial charge in [0.15, 0.2) is 0 Å². The number of carbonyl (C=O) groups excluding carboxylic acids is 3. The monoisotopic (exact) mass is 681 g/mol. The van der Waals surface area contributed by atoms with Crippen LogP contribution in [0.5, 0.6) is 0 Å². The summed E-state index contributed by atoms with van der Waals surface area (Å²) in [6, 6.07) is 46.8. The summed E-state index contributed by atoms with van der Waals surface area (Å²) in [7, 11) is 0. The van der Waals surface area contributed by atoms with E-state index >= 15 is 0 Å². The van der Waals surface area contributed by atoms with Gasteiger partial charge < -0.3 is 20.9 Å². The van der Waals surface area contributed by atoms with E-state index in [-0.39, 0.29) is 49.8 Å². The molecule has 1 heterocycles. The van der Waals surface area contributed by atoms with E-state index in [2.05, 4.69) is 58.8 Å². The summed E-state index contributed by atoms with van der Waals surface area (Å²) < 4.78 is 0. The molecule has 5 aromatic rings. The van der Waals surface area contributed by atoms with Crippen molar-refractivity contribution in [3.8, 4) is 0 Å². The van der Waals surface area contributed by atoms with E-state index in [1.165, 1.54) is 16.0 Å². The molecule has 0 saturated heterocycles. The highest BCUT2D eigenvalue weighted by Gasteiger charge is 2.25. The third-order valence-electron chi connectivity index (χ3n) is 9.12. The van der Waals surface area contributed by atoms with Gasteiger partial charge in [0, 0.05) is 43.2 Å². The van der Waals surface area contributed by atoms with Gasteiger partial charge in [-0.15, -0.1) is 0 Å². The zero-order chi connectivity index (χ0) is 35.7. The van der Waals surface area contributed by atoms with Crippen LogP contribution in [0, 0.1) is 0 Å². The van der Waals surface area contributed by atoms with Crippen LogP contribution in [0.4, 0.5) is 0 Å². The van der Waals surface area contributed by atoms with Crippen LogP contribution in [-0.4, -0.2) is 71.8 Å². The average molecular weight is 682 g/mol. The fourth-order valence-electron chi connectivity index (χ4n) is 6.46. The summed E-state index contributed by atoms with van der Waals surface area (Å²) in [4.78, 5) is 47.2. The molecule has 0 unspecified atom stereocenters. The molecule has 0 spiro atoms. The molecular weight excluding hydrogens is 635 g/mol. The Balaban J connectivity index is 1.30. The van der Waals surface area contributed by atoms with Crippen molar-refractivity contribution in [1.29, 1.82) is 0 Å². The number of aromatic nitrogens is 1. The number of hydrogen-bond acceptors (Lipinski definition) is 5. The van der Waals surface area contributed by atoms with Crippen molar-refractivity contribution >= 4 is 17.7 Å². The Labute approximate surface area is 301 Å². The van der Waals surface area contributed by atoms with E-state index < -0.39 is 5.91 Å². The second-order valence-electron chi connectivity index (χ2n) is 12.7. The Morgan fingerprint density at radius 1 is 0.569 bits per heavy atom. The third-order valence-corrected chi connectivity index (χ3v) is 9.12. The Kier molecular flexibility index (Phi) is 14.1. The lowest BCUT2D eigenvalue weighted by Gasteiger charge is -2.29. The van der Waals surface area contributed by atoms with Gasteiger partial charge in [-0.2, -0.15) is 0 Å². The maximum Gasteiger partial charge on any atom is 0.242 e. The second-order valence-corrected chi connectivity index (χ2v) is 12.7. The number of benzene rings is 4. The van der Waals surface area contributed by atoms with Crippen molar-refractivity contribution in [2.75, 3.05) is 39.3 Å². The normalized spacial score (nSPS) is 11.0. The van der Waals surface area contributed by atoms with Crippen molar-refractivity contribution in [3.63, 3.8) is 0 Å². The fraction of sp³-hybridized carbons (Fsp3) is 0.256. The quantitative estimate of drug-likeness (QED) is 0.107. The van der Waals surface area contributed by atoms with E-state index in [0.29, 0.717) is 25.9 Å². The molecule has 262 valence electrons. The Morgan fingerprint density at radius 3 is 1.51 bits per heavy atom. The first kappa shape index (κ1) is 36.7. The molecule has 3 amide bonds. The number of primary amides is 1. The molecule has 0 fully saturated rings. The molecule has 0 radical (unpaired) electrons. The molecule has 0 aliphatic carbocycles. The van der Waals surface area contributed by atoms with Crippen LogP contribution >= 0.6 is 0 Å². The molecule has 0 aliphatic rings. The predicted octanol–water partition coefficient (Wildman–Crippen LogP) is 5.80. The van der Waals surface area contributed by atoms with Crippen LogP contribution in [0.1, 0.15) is 52.6 Å². The molecular formula is C43H47N5O3. The first-order valence-electron chi connectivity index (χ1n) is 17.6. The number of nitrogens with two attached hydrogens (primary N) is 1. The van der Waals surface area contributed by atoms with Crippen molar-refractivity contribution in [2.45, 2.75) is 31.1 Å². The highest BCUT2D eigenvalue weighted by Crippen LogP contribution is 2.29. The number of rotatable bonds is 19. The van der Waals surface area contributed by atoms with Gasteiger partial charge in [-0.05, 0) is 53.8 Å². The topological polar surface area (TPSA) is 109 Å². The van der Waals surface area contributed by atoms with E-state index in [4.69, 9.17) is 5.73 Å². The molecule has 0 aliphatic heterocycles. The van der Waals surface area contributed by atoms with Crippen molar-refractivity contribution < 1.29 is 14.4 Å². The molecule has 0 bridgehead atoms. The minimum atomic E-state index is -0.608. The van der Waals surface area contributed by atoms with Gasteiger partial charge in [-0.25, -0.2) is 0 Å². The summed E-state index contributed by atoms with van der Waals surface area (Å²) in [5.41, 5.74) is 11.1. The van der Waals surface area contributed by atoms with Crippen molar-refractivity contribution in [2.24, 2.45) is 5.73 Å². The van der Waals surface area contributed by atoms with Crippen LogP contribution < -0.4 is 11.1 Å². The van der Waals surface area contributed by atoms with Gasteiger partial charge in [0.1, 0.15) is 0 Å². The number of nitrogens with one attached hydrogen (secondary N) is 1. The fourth-order valence-corrected chi connectivity index (χ4v) is 6.46. The highest BCUT2D eigenvalue weighted by molar-refractivity contribution is 5.88. The lowest BCUT2D eigenvalue weighted by atomic mass is 9.88. The number of nitrogens with zero attached hydrogens (tertiary/aromatic N) is 3. The van der Waals surface area contributed by atoms with Gasteiger partial charge in [-0.1, -0.05) is 127 Å². The molecule has 8 nitrogen and oxygen atoms in total. The number of carbonyl (C=O) groups is 3. The highest BCUT2D eigenvalue weighted by atomic mass is 16.2. The molecule has 5 rings (SSSR count). The Bertz CT molecular complexity index is 1690. The molecule has 51 heavy (non-hydrogen) atoms. The van der Waals surface area contributed by atoms with Gasteiger partial charge in [0.2, 0.25) is 17.7 Å².